The van der Waals surface area contributed by atoms with E-state index < -0.39 is 10.8 Å². The van der Waals surface area contributed by atoms with Crippen LogP contribution in [0.3, 0.4) is 0 Å². The van der Waals surface area contributed by atoms with Crippen molar-refractivity contribution in [2.45, 2.75) is 65.2 Å². The van der Waals surface area contributed by atoms with Gasteiger partial charge >= 0.3 is 5.69 Å². The van der Waals surface area contributed by atoms with E-state index in [4.69, 9.17) is 16.3 Å². The number of carbonyl (C=O) groups excluding carboxylic acids is 2. The van der Waals surface area contributed by atoms with Crippen LogP contribution in [0.1, 0.15) is 57.8 Å². The highest BCUT2D eigenvalue weighted by molar-refractivity contribution is 6.34. The van der Waals surface area contributed by atoms with Crippen LogP contribution in [0.25, 0.3) is 0 Å². The van der Waals surface area contributed by atoms with Gasteiger partial charge in [-0.25, -0.2) is 0 Å². The number of rotatable bonds is 6. The first-order chi connectivity index (χ1) is 13.9. The molecule has 1 aromatic carbocycles. The van der Waals surface area contributed by atoms with E-state index >= 15 is 0 Å². The molecule has 0 bridgehead atoms. The summed E-state index contributed by atoms with van der Waals surface area (Å²) in [7, 11) is 0. The van der Waals surface area contributed by atoms with Crippen LogP contribution < -0.4 is 15.4 Å². The van der Waals surface area contributed by atoms with Gasteiger partial charge in [0.15, 0.2) is 5.75 Å². The summed E-state index contributed by atoms with van der Waals surface area (Å²) in [5.74, 6) is -0.338. The van der Waals surface area contributed by atoms with E-state index in [2.05, 4.69) is 15.4 Å². The van der Waals surface area contributed by atoms with Gasteiger partial charge in [0.2, 0.25) is 0 Å². The van der Waals surface area contributed by atoms with Crippen LogP contribution in [-0.2, 0) is 9.53 Å². The van der Waals surface area contributed by atoms with Crippen molar-refractivity contribution in [2.24, 2.45) is 0 Å². The summed E-state index contributed by atoms with van der Waals surface area (Å²) in [6, 6.07) is 2.55. The summed E-state index contributed by atoms with van der Waals surface area (Å²) in [4.78, 5) is 32.6. The van der Waals surface area contributed by atoms with Gasteiger partial charge in [0.25, 0.3) is 12.4 Å². The second-order valence-electron chi connectivity index (χ2n) is 8.05. The molecular weight excluding hydrogens is 414 g/mol. The molecule has 0 atom stereocenters. The molecule has 168 valence electrons. The van der Waals surface area contributed by atoms with Crippen molar-refractivity contribution in [3.05, 3.63) is 32.8 Å². The Hall–Kier alpha value is -2.39. The second kappa shape index (κ2) is 11.7. The lowest BCUT2D eigenvalue weighted by atomic mass is 10.1. The Labute approximate surface area is 181 Å². The molecule has 0 unspecified atom stereocenters. The number of nitro groups is 1. The maximum atomic E-state index is 12.4. The van der Waals surface area contributed by atoms with Crippen molar-refractivity contribution in [3.8, 4) is 5.75 Å². The van der Waals surface area contributed by atoms with E-state index in [-0.39, 0.29) is 39.8 Å². The molecule has 0 aromatic heterocycles. The van der Waals surface area contributed by atoms with Crippen LogP contribution in [0.5, 0.6) is 5.75 Å². The van der Waals surface area contributed by atoms with Crippen LogP contribution in [-0.4, -0.2) is 48.1 Å². The maximum absolute atomic E-state index is 12.4. The number of halogens is 1. The Morgan fingerprint density at radius 1 is 1.33 bits per heavy atom. The molecule has 1 saturated heterocycles. The highest BCUT2D eigenvalue weighted by Gasteiger charge is 2.24. The molecule has 10 heteroatoms. The topological polar surface area (TPSA) is 120 Å². The molecule has 0 radical (unpaired) electrons. The van der Waals surface area contributed by atoms with E-state index in [0.717, 1.165) is 25.9 Å². The van der Waals surface area contributed by atoms with E-state index in [9.17, 15) is 19.7 Å². The molecule has 2 rings (SSSR count). The second-order valence-corrected chi connectivity index (χ2v) is 8.45. The number of nitrogens with one attached hydrogen (secondary N) is 2. The van der Waals surface area contributed by atoms with Crippen LogP contribution in [0.2, 0.25) is 5.02 Å². The van der Waals surface area contributed by atoms with E-state index in [1.807, 2.05) is 20.8 Å². The van der Waals surface area contributed by atoms with E-state index in [1.165, 1.54) is 12.1 Å². The lowest BCUT2D eigenvalue weighted by molar-refractivity contribution is -0.386. The fourth-order valence-electron chi connectivity index (χ4n) is 2.58. The molecule has 2 N–H and O–H groups in total. The molecule has 1 amide bonds. The number of nitrogens with zero attached hydrogens (tertiary/aromatic N) is 1. The van der Waals surface area contributed by atoms with Gasteiger partial charge in [0.1, 0.15) is 5.60 Å². The third-order valence-corrected chi connectivity index (χ3v) is 4.24. The van der Waals surface area contributed by atoms with Crippen molar-refractivity contribution in [2.75, 3.05) is 13.1 Å². The lowest BCUT2D eigenvalue weighted by Crippen LogP contribution is -2.42. The van der Waals surface area contributed by atoms with Gasteiger partial charge in [0, 0.05) is 18.2 Å². The average molecular weight is 444 g/mol. The number of nitro benzene ring substituents is 1. The summed E-state index contributed by atoms with van der Waals surface area (Å²) in [5.41, 5.74) is -0.492. The normalized spacial score (nSPS) is 14.4. The number of carbonyl (C=O) groups is 2. The Kier molecular flexibility index (Phi) is 10.0. The van der Waals surface area contributed by atoms with Crippen LogP contribution in [0, 0.1) is 10.1 Å². The van der Waals surface area contributed by atoms with E-state index in [0.29, 0.717) is 6.47 Å². The number of amides is 1. The van der Waals surface area contributed by atoms with E-state index in [1.54, 1.807) is 13.8 Å². The Morgan fingerprint density at radius 2 is 1.93 bits per heavy atom. The first-order valence-corrected chi connectivity index (χ1v) is 10.1. The van der Waals surface area contributed by atoms with Gasteiger partial charge in [-0.15, -0.1) is 0 Å². The van der Waals surface area contributed by atoms with Crippen LogP contribution in [0.4, 0.5) is 5.69 Å². The molecule has 1 aliphatic heterocycles. The molecule has 0 saturated carbocycles. The fourth-order valence-corrected chi connectivity index (χ4v) is 2.82. The predicted molar refractivity (Wildman–Crippen MR) is 114 cm³/mol. The summed E-state index contributed by atoms with van der Waals surface area (Å²) >= 11 is 6.13. The van der Waals surface area contributed by atoms with Gasteiger partial charge in [-0.2, -0.15) is 0 Å². The Morgan fingerprint density at radius 3 is 2.37 bits per heavy atom. The zero-order valence-corrected chi connectivity index (χ0v) is 18.7. The minimum atomic E-state index is -0.574. The summed E-state index contributed by atoms with van der Waals surface area (Å²) in [5, 5.41) is 17.4. The number of benzene rings is 1. The minimum Gasteiger partial charge on any atom is -0.484 e. The zero-order valence-electron chi connectivity index (χ0n) is 18.0. The molecule has 0 aliphatic carbocycles. The molecule has 0 spiro atoms. The number of hydrogen-bond acceptors (Lipinski definition) is 7. The van der Waals surface area contributed by atoms with Gasteiger partial charge in [-0.3, -0.25) is 19.7 Å². The third kappa shape index (κ3) is 8.96. The SMILES string of the molecule is CC(C)(C)OC=O.CC(C)Oc1cc(Cl)c(C(=O)NC2CCNCC2)cc1[N+](=O)[O-]. The van der Waals surface area contributed by atoms with Gasteiger partial charge in [0.05, 0.1) is 21.6 Å². The quantitative estimate of drug-likeness (QED) is 0.392. The van der Waals surface area contributed by atoms with Crippen molar-refractivity contribution >= 4 is 29.7 Å². The minimum absolute atomic E-state index is 0.0467. The first-order valence-electron chi connectivity index (χ1n) is 9.72. The van der Waals surface area contributed by atoms with Crippen LogP contribution >= 0.6 is 11.6 Å². The lowest BCUT2D eigenvalue weighted by Gasteiger charge is -2.24. The third-order valence-electron chi connectivity index (χ3n) is 3.93. The molecule has 1 aromatic rings. The van der Waals surface area contributed by atoms with Crippen molar-refractivity contribution in [1.29, 1.82) is 0 Å². The number of ether oxygens (including phenoxy) is 2. The van der Waals surface area contributed by atoms with Gasteiger partial charge in [-0.05, 0) is 60.5 Å². The fraction of sp³-hybridized carbons (Fsp3) is 0.600. The average Bonchev–Trinajstić information content (AvgIpc) is 2.61. The smallest absolute Gasteiger partial charge is 0.311 e. The van der Waals surface area contributed by atoms with Crippen molar-refractivity contribution in [3.63, 3.8) is 0 Å². The summed E-state index contributed by atoms with van der Waals surface area (Å²) in [6.07, 6.45) is 1.40. The molecule has 1 heterocycles. The maximum Gasteiger partial charge on any atom is 0.311 e. The molecule has 9 nitrogen and oxygen atoms in total. The molecular formula is C20H30ClN3O6. The molecule has 30 heavy (non-hydrogen) atoms. The number of piperidine rings is 1. The zero-order chi connectivity index (χ0) is 22.9. The first kappa shape index (κ1) is 25.6. The monoisotopic (exact) mass is 443 g/mol. The largest absolute Gasteiger partial charge is 0.484 e. The Balaban J connectivity index is 0.000000553. The molecule has 1 fully saturated rings. The Bertz CT molecular complexity index is 743. The highest BCUT2D eigenvalue weighted by atomic mass is 35.5. The van der Waals surface area contributed by atoms with Gasteiger partial charge in [-0.1, -0.05) is 11.6 Å². The molecule has 1 aliphatic rings. The predicted octanol–water partition coefficient (Wildman–Crippen LogP) is 3.48. The standard InChI is InChI=1S/C15H20ClN3O4.C5H10O2/c1-9(2)23-14-8-12(16)11(7-13(14)19(21)22)15(20)18-10-3-5-17-6-4-10;1-5(2,3)7-4-6/h7-10,17H,3-6H2,1-2H3,(H,18,20);4H,1-3H3. The van der Waals surface area contributed by atoms with Gasteiger partial charge < -0.3 is 20.1 Å². The summed E-state index contributed by atoms with van der Waals surface area (Å²) in [6.45, 7) is 11.1. The van der Waals surface area contributed by atoms with Crippen LogP contribution in [0.15, 0.2) is 12.1 Å². The van der Waals surface area contributed by atoms with Crippen molar-refractivity contribution in [1.82, 2.24) is 10.6 Å². The van der Waals surface area contributed by atoms with Crippen molar-refractivity contribution < 1.29 is 24.0 Å². The summed E-state index contributed by atoms with van der Waals surface area (Å²) < 4.78 is 9.95. The highest BCUT2D eigenvalue weighted by Crippen LogP contribution is 2.34. The number of hydrogen-bond donors (Lipinski definition) is 2.